The molecule has 2 atom stereocenters. The van der Waals surface area contributed by atoms with Crippen molar-refractivity contribution in [3.05, 3.63) is 23.8 Å². The van der Waals surface area contributed by atoms with Gasteiger partial charge in [0.15, 0.2) is 0 Å². The standard InChI is InChI=1S/C14H23N3O/c1-10-13(15)5-4-6-14(10)17-9-12(18)7-11(17)8-16(2)3/h4-6,11-12,18H,7-9,15H2,1-3H3. The molecule has 2 rings (SSSR count). The monoisotopic (exact) mass is 249 g/mol. The first-order chi connectivity index (χ1) is 8.49. The molecule has 0 bridgehead atoms. The third-order valence-electron chi connectivity index (χ3n) is 3.62. The van der Waals surface area contributed by atoms with Crippen molar-refractivity contribution in [1.82, 2.24) is 4.90 Å². The van der Waals surface area contributed by atoms with Gasteiger partial charge in [-0.3, -0.25) is 0 Å². The Labute approximate surface area is 109 Å². The predicted octanol–water partition coefficient (Wildman–Crippen LogP) is 1.08. The molecule has 1 aromatic carbocycles. The molecule has 18 heavy (non-hydrogen) atoms. The number of likely N-dealkylation sites (N-methyl/N-ethyl adjacent to an activating group) is 1. The van der Waals surface area contributed by atoms with Crippen LogP contribution in [-0.2, 0) is 0 Å². The fourth-order valence-electron chi connectivity index (χ4n) is 2.73. The van der Waals surface area contributed by atoms with Crippen molar-refractivity contribution >= 4 is 11.4 Å². The van der Waals surface area contributed by atoms with Crippen LogP contribution in [0.25, 0.3) is 0 Å². The van der Waals surface area contributed by atoms with Gasteiger partial charge in [-0.15, -0.1) is 0 Å². The molecule has 0 amide bonds. The minimum absolute atomic E-state index is 0.240. The maximum Gasteiger partial charge on any atom is 0.0735 e. The number of benzene rings is 1. The van der Waals surface area contributed by atoms with Gasteiger partial charge in [-0.2, -0.15) is 0 Å². The van der Waals surface area contributed by atoms with Crippen LogP contribution in [-0.4, -0.2) is 49.3 Å². The van der Waals surface area contributed by atoms with Crippen molar-refractivity contribution in [2.75, 3.05) is 37.8 Å². The molecule has 1 aliphatic heterocycles. The first-order valence-corrected chi connectivity index (χ1v) is 6.43. The summed E-state index contributed by atoms with van der Waals surface area (Å²) in [6.45, 7) is 3.69. The van der Waals surface area contributed by atoms with Crippen LogP contribution in [0.15, 0.2) is 18.2 Å². The Morgan fingerprint density at radius 2 is 2.17 bits per heavy atom. The first-order valence-electron chi connectivity index (χ1n) is 6.43. The molecule has 0 aromatic heterocycles. The van der Waals surface area contributed by atoms with Crippen molar-refractivity contribution in [3.8, 4) is 0 Å². The molecule has 2 unspecified atom stereocenters. The molecule has 0 aliphatic carbocycles. The van der Waals surface area contributed by atoms with E-state index in [9.17, 15) is 5.11 Å². The maximum atomic E-state index is 9.91. The molecule has 1 aromatic rings. The highest BCUT2D eigenvalue weighted by molar-refractivity contribution is 5.65. The molecule has 4 heteroatoms. The highest BCUT2D eigenvalue weighted by Gasteiger charge is 2.32. The SMILES string of the molecule is Cc1c(N)cccc1N1CC(O)CC1CN(C)C. The summed E-state index contributed by atoms with van der Waals surface area (Å²) in [6.07, 6.45) is 0.586. The molecule has 1 saturated heterocycles. The van der Waals surface area contributed by atoms with E-state index in [0.717, 1.165) is 29.9 Å². The summed E-state index contributed by atoms with van der Waals surface area (Å²) in [4.78, 5) is 4.45. The zero-order chi connectivity index (χ0) is 13.3. The van der Waals surface area contributed by atoms with Gasteiger partial charge < -0.3 is 20.6 Å². The maximum absolute atomic E-state index is 9.91. The fraction of sp³-hybridized carbons (Fsp3) is 0.571. The van der Waals surface area contributed by atoms with Crippen LogP contribution < -0.4 is 10.6 Å². The summed E-state index contributed by atoms with van der Waals surface area (Å²) in [5, 5.41) is 9.91. The topological polar surface area (TPSA) is 52.7 Å². The molecule has 0 saturated carbocycles. The summed E-state index contributed by atoms with van der Waals surface area (Å²) < 4.78 is 0. The lowest BCUT2D eigenvalue weighted by molar-refractivity contribution is 0.191. The Balaban J connectivity index is 2.27. The molecule has 100 valence electrons. The second kappa shape index (κ2) is 5.16. The minimum atomic E-state index is -0.240. The molecule has 1 heterocycles. The number of hydrogen-bond donors (Lipinski definition) is 2. The Morgan fingerprint density at radius 3 is 2.83 bits per heavy atom. The van der Waals surface area contributed by atoms with Crippen molar-refractivity contribution < 1.29 is 5.11 Å². The predicted molar refractivity (Wildman–Crippen MR) is 75.9 cm³/mol. The number of β-amino-alcohol motifs (C(OH)–C–C–N with tert-alkyl or cyclic N) is 1. The zero-order valence-electron chi connectivity index (χ0n) is 11.4. The van der Waals surface area contributed by atoms with Crippen molar-refractivity contribution in [1.29, 1.82) is 0 Å². The van der Waals surface area contributed by atoms with Crippen molar-refractivity contribution in [2.45, 2.75) is 25.5 Å². The molecule has 3 N–H and O–H groups in total. The van der Waals surface area contributed by atoms with E-state index in [1.807, 2.05) is 19.1 Å². The Bertz CT molecular complexity index is 420. The highest BCUT2D eigenvalue weighted by Crippen LogP contribution is 2.31. The Kier molecular flexibility index (Phi) is 3.78. The molecule has 1 aliphatic rings. The number of anilines is 2. The molecular formula is C14H23N3O. The van der Waals surface area contributed by atoms with Gasteiger partial charge in [-0.05, 0) is 45.1 Å². The average Bonchev–Trinajstić information content (AvgIpc) is 2.62. The van der Waals surface area contributed by atoms with E-state index in [2.05, 4.69) is 30.0 Å². The van der Waals surface area contributed by atoms with E-state index in [1.54, 1.807) is 0 Å². The van der Waals surface area contributed by atoms with Gasteiger partial charge in [0.1, 0.15) is 0 Å². The summed E-state index contributed by atoms with van der Waals surface area (Å²) in [5.41, 5.74) is 9.05. The fourth-order valence-corrected chi connectivity index (χ4v) is 2.73. The van der Waals surface area contributed by atoms with E-state index < -0.39 is 0 Å². The van der Waals surface area contributed by atoms with E-state index in [-0.39, 0.29) is 6.10 Å². The number of rotatable bonds is 3. The van der Waals surface area contributed by atoms with E-state index >= 15 is 0 Å². The summed E-state index contributed by atoms with van der Waals surface area (Å²) in [7, 11) is 4.13. The van der Waals surface area contributed by atoms with Gasteiger partial charge in [0.05, 0.1) is 6.10 Å². The third-order valence-corrected chi connectivity index (χ3v) is 3.62. The third kappa shape index (κ3) is 2.60. The normalized spacial score (nSPS) is 23.9. The van der Waals surface area contributed by atoms with Crippen LogP contribution in [0.2, 0.25) is 0 Å². The number of aliphatic hydroxyl groups is 1. The van der Waals surface area contributed by atoms with Crippen LogP contribution in [0.5, 0.6) is 0 Å². The molecule has 0 radical (unpaired) electrons. The smallest absolute Gasteiger partial charge is 0.0735 e. The summed E-state index contributed by atoms with van der Waals surface area (Å²) >= 11 is 0. The van der Waals surface area contributed by atoms with Gasteiger partial charge in [0, 0.05) is 30.5 Å². The zero-order valence-corrected chi connectivity index (χ0v) is 11.4. The van der Waals surface area contributed by atoms with Crippen molar-refractivity contribution in [2.24, 2.45) is 0 Å². The van der Waals surface area contributed by atoms with Crippen LogP contribution in [0, 0.1) is 6.92 Å². The van der Waals surface area contributed by atoms with Gasteiger partial charge in [-0.25, -0.2) is 0 Å². The van der Waals surface area contributed by atoms with Gasteiger partial charge in [-0.1, -0.05) is 6.07 Å². The molecule has 0 spiro atoms. The summed E-state index contributed by atoms with van der Waals surface area (Å²) in [6, 6.07) is 6.35. The minimum Gasteiger partial charge on any atom is -0.398 e. The van der Waals surface area contributed by atoms with Gasteiger partial charge in [0.2, 0.25) is 0 Å². The lowest BCUT2D eigenvalue weighted by Gasteiger charge is -2.30. The molecule has 1 fully saturated rings. The summed E-state index contributed by atoms with van der Waals surface area (Å²) in [5.74, 6) is 0. The first kappa shape index (κ1) is 13.2. The lowest BCUT2D eigenvalue weighted by Crippen LogP contribution is -2.38. The van der Waals surface area contributed by atoms with Crippen LogP contribution in [0.1, 0.15) is 12.0 Å². The quantitative estimate of drug-likeness (QED) is 0.787. The Hall–Kier alpha value is -1.26. The van der Waals surface area contributed by atoms with Crippen molar-refractivity contribution in [3.63, 3.8) is 0 Å². The highest BCUT2D eigenvalue weighted by atomic mass is 16.3. The molecule has 4 nitrogen and oxygen atoms in total. The van der Waals surface area contributed by atoms with E-state index in [1.165, 1.54) is 0 Å². The number of hydrogen-bond acceptors (Lipinski definition) is 4. The molecular weight excluding hydrogens is 226 g/mol. The van der Waals surface area contributed by atoms with Gasteiger partial charge in [0.25, 0.3) is 0 Å². The second-order valence-corrected chi connectivity index (χ2v) is 5.45. The van der Waals surface area contributed by atoms with Crippen LogP contribution in [0.4, 0.5) is 11.4 Å². The van der Waals surface area contributed by atoms with Gasteiger partial charge >= 0.3 is 0 Å². The second-order valence-electron chi connectivity index (χ2n) is 5.45. The van der Waals surface area contributed by atoms with E-state index in [0.29, 0.717) is 12.6 Å². The number of nitrogens with zero attached hydrogens (tertiary/aromatic N) is 2. The number of nitrogen functional groups attached to an aromatic ring is 1. The Morgan fingerprint density at radius 1 is 1.44 bits per heavy atom. The van der Waals surface area contributed by atoms with E-state index in [4.69, 9.17) is 5.73 Å². The number of aliphatic hydroxyl groups excluding tert-OH is 1. The average molecular weight is 249 g/mol. The number of nitrogens with two attached hydrogens (primary N) is 1. The lowest BCUT2D eigenvalue weighted by atomic mass is 10.1. The largest absolute Gasteiger partial charge is 0.398 e. The van der Waals surface area contributed by atoms with Crippen LogP contribution in [0.3, 0.4) is 0 Å². The van der Waals surface area contributed by atoms with Crippen LogP contribution >= 0.6 is 0 Å².